The third-order valence-electron chi connectivity index (χ3n) is 7.69. The lowest BCUT2D eigenvalue weighted by Crippen LogP contribution is -2.45. The van der Waals surface area contributed by atoms with E-state index in [2.05, 4.69) is 46.7 Å². The highest BCUT2D eigenvalue weighted by Crippen LogP contribution is 2.40. The van der Waals surface area contributed by atoms with Crippen LogP contribution in [0, 0.1) is 0 Å². The van der Waals surface area contributed by atoms with Gasteiger partial charge in [0.05, 0.1) is 23.7 Å². The Labute approximate surface area is 248 Å². The van der Waals surface area contributed by atoms with Crippen molar-refractivity contribution in [2.45, 2.75) is 12.1 Å². The molecule has 0 bridgehead atoms. The van der Waals surface area contributed by atoms with Crippen LogP contribution >= 0.6 is 23.2 Å². The molecule has 0 aliphatic carbocycles. The number of halogens is 2. The number of hydrogen-bond acceptors (Lipinski definition) is 3. The van der Waals surface area contributed by atoms with Gasteiger partial charge in [-0.2, -0.15) is 0 Å². The van der Waals surface area contributed by atoms with E-state index in [1.165, 1.54) is 0 Å². The summed E-state index contributed by atoms with van der Waals surface area (Å²) in [4.78, 5) is 17.5. The number of aromatic nitrogens is 3. The number of imidazole rings is 1. The quantitative estimate of drug-likeness (QED) is 0.216. The van der Waals surface area contributed by atoms with Crippen LogP contribution in [-0.2, 0) is 26.2 Å². The summed E-state index contributed by atoms with van der Waals surface area (Å²) >= 11 is 12.8. The van der Waals surface area contributed by atoms with Gasteiger partial charge in [0, 0.05) is 42.1 Å². The van der Waals surface area contributed by atoms with Crippen molar-refractivity contribution in [1.29, 1.82) is 0 Å². The van der Waals surface area contributed by atoms with Crippen LogP contribution in [0.4, 0.5) is 0 Å². The van der Waals surface area contributed by atoms with Gasteiger partial charge < -0.3 is 9.13 Å². The van der Waals surface area contributed by atoms with E-state index < -0.39 is 5.54 Å². The van der Waals surface area contributed by atoms with Gasteiger partial charge in [0.2, 0.25) is 0 Å². The summed E-state index contributed by atoms with van der Waals surface area (Å²) in [6.07, 6.45) is 3.71. The predicted octanol–water partition coefficient (Wildman–Crippen LogP) is 7.33. The van der Waals surface area contributed by atoms with E-state index in [1.54, 1.807) is 17.7 Å². The average Bonchev–Trinajstić information content (AvgIpc) is 3.42. The number of nitrogens with one attached hydrogen (secondary N) is 1. The molecule has 2 heterocycles. The van der Waals surface area contributed by atoms with Crippen molar-refractivity contribution >= 4 is 34.1 Å². The van der Waals surface area contributed by atoms with Crippen LogP contribution in [0.1, 0.15) is 22.4 Å². The Balaban J connectivity index is 1.66. The Bertz CT molecular complexity index is 1910. The highest BCUT2D eigenvalue weighted by Gasteiger charge is 2.39. The van der Waals surface area contributed by atoms with Gasteiger partial charge in [-0.25, -0.2) is 4.98 Å². The van der Waals surface area contributed by atoms with Gasteiger partial charge in [-0.1, -0.05) is 83.9 Å². The number of benzene rings is 4. The van der Waals surface area contributed by atoms with Crippen molar-refractivity contribution < 1.29 is 0 Å². The summed E-state index contributed by atoms with van der Waals surface area (Å²) in [5, 5.41) is 6.12. The van der Waals surface area contributed by atoms with Crippen LogP contribution in [-0.4, -0.2) is 14.1 Å². The molecular formula is C34H28Cl2N4O. The zero-order valence-corrected chi connectivity index (χ0v) is 24.2. The maximum atomic E-state index is 13.0. The van der Waals surface area contributed by atoms with Crippen molar-refractivity contribution in [1.82, 2.24) is 19.4 Å². The molecule has 1 atom stereocenters. The third-order valence-corrected chi connectivity index (χ3v) is 8.18. The first-order valence-corrected chi connectivity index (χ1v) is 14.0. The minimum atomic E-state index is -0.805. The molecule has 0 aliphatic heterocycles. The van der Waals surface area contributed by atoms with Crippen LogP contribution in [0.15, 0.2) is 120 Å². The molecule has 1 unspecified atom stereocenters. The van der Waals surface area contributed by atoms with Crippen molar-refractivity contribution in [3.05, 3.63) is 158 Å². The molecule has 5 nitrogen and oxygen atoms in total. The molecule has 6 rings (SSSR count). The van der Waals surface area contributed by atoms with Gasteiger partial charge in [0.1, 0.15) is 5.54 Å². The number of pyridine rings is 1. The summed E-state index contributed by atoms with van der Waals surface area (Å²) < 4.78 is 3.72. The summed E-state index contributed by atoms with van der Waals surface area (Å²) in [5.74, 6) is 0. The van der Waals surface area contributed by atoms with Gasteiger partial charge in [0.25, 0.3) is 5.56 Å². The maximum absolute atomic E-state index is 13.0. The minimum Gasteiger partial charge on any atom is -0.335 e. The SMILES string of the molecule is Cn1cncc1C(NCc1ccccc1)(c1ccc(Cl)cc1)c1ccc2c(c1)c(-c1cccc(Cl)c1)cc(=O)n2C. The molecule has 0 saturated carbocycles. The first kappa shape index (κ1) is 27.0. The van der Waals surface area contributed by atoms with E-state index in [0.717, 1.165) is 44.4 Å². The second-order valence-corrected chi connectivity index (χ2v) is 11.1. The summed E-state index contributed by atoms with van der Waals surface area (Å²) in [6.45, 7) is 0.598. The van der Waals surface area contributed by atoms with Crippen LogP contribution in [0.5, 0.6) is 0 Å². The molecule has 0 radical (unpaired) electrons. The molecule has 0 fully saturated rings. The Hall–Kier alpha value is -4.16. The Morgan fingerprint density at radius 2 is 1.56 bits per heavy atom. The highest BCUT2D eigenvalue weighted by molar-refractivity contribution is 6.31. The lowest BCUT2D eigenvalue weighted by atomic mass is 9.79. The van der Waals surface area contributed by atoms with Gasteiger partial charge >= 0.3 is 0 Å². The monoisotopic (exact) mass is 578 g/mol. The molecule has 1 N–H and O–H groups in total. The Morgan fingerprint density at radius 3 is 2.27 bits per heavy atom. The fraction of sp³-hybridized carbons (Fsp3) is 0.118. The predicted molar refractivity (Wildman–Crippen MR) is 167 cm³/mol. The zero-order valence-electron chi connectivity index (χ0n) is 22.7. The van der Waals surface area contributed by atoms with Crippen LogP contribution in [0.25, 0.3) is 22.0 Å². The van der Waals surface area contributed by atoms with E-state index in [-0.39, 0.29) is 5.56 Å². The second kappa shape index (κ2) is 11.0. The highest BCUT2D eigenvalue weighted by atomic mass is 35.5. The lowest BCUT2D eigenvalue weighted by molar-refractivity contribution is 0.446. The fourth-order valence-electron chi connectivity index (χ4n) is 5.60. The van der Waals surface area contributed by atoms with E-state index in [4.69, 9.17) is 23.2 Å². The number of aryl methyl sites for hydroxylation is 2. The van der Waals surface area contributed by atoms with Gasteiger partial charge in [-0.05, 0) is 64.2 Å². The Kier molecular flexibility index (Phi) is 7.26. The largest absolute Gasteiger partial charge is 0.335 e. The van der Waals surface area contributed by atoms with Gasteiger partial charge in [-0.3, -0.25) is 10.1 Å². The van der Waals surface area contributed by atoms with Gasteiger partial charge in [0.15, 0.2) is 0 Å². The van der Waals surface area contributed by atoms with Crippen LogP contribution in [0.3, 0.4) is 0 Å². The molecular weight excluding hydrogens is 551 g/mol. The van der Waals surface area contributed by atoms with E-state index >= 15 is 0 Å². The number of rotatable bonds is 7. The fourth-order valence-corrected chi connectivity index (χ4v) is 5.91. The lowest BCUT2D eigenvalue weighted by Gasteiger charge is -2.37. The molecule has 0 spiro atoms. The van der Waals surface area contributed by atoms with Crippen molar-refractivity contribution in [2.24, 2.45) is 14.1 Å². The minimum absolute atomic E-state index is 0.0852. The van der Waals surface area contributed by atoms with Crippen molar-refractivity contribution in [2.75, 3.05) is 0 Å². The topological polar surface area (TPSA) is 51.9 Å². The normalized spacial score (nSPS) is 12.9. The molecule has 0 aliphatic rings. The van der Waals surface area contributed by atoms with Crippen molar-refractivity contribution in [3.8, 4) is 11.1 Å². The summed E-state index contributed by atoms with van der Waals surface area (Å²) in [5.41, 5.74) is 5.76. The van der Waals surface area contributed by atoms with Crippen LogP contribution < -0.4 is 10.9 Å². The molecule has 6 aromatic rings. The molecule has 2 aromatic heterocycles. The van der Waals surface area contributed by atoms with E-state index in [0.29, 0.717) is 16.6 Å². The third kappa shape index (κ3) is 4.97. The standard InChI is InChI=1S/C34H28Cl2N4O/c1-39-22-37-21-32(39)34(25-11-14-27(35)15-12-25,38-20-23-7-4-3-5-8-23)26-13-16-31-30(18-26)29(19-33(41)40(31)2)24-9-6-10-28(36)17-24/h3-19,21-22,38H,20H2,1-2H3. The maximum Gasteiger partial charge on any atom is 0.251 e. The van der Waals surface area contributed by atoms with Crippen molar-refractivity contribution in [3.63, 3.8) is 0 Å². The van der Waals surface area contributed by atoms with E-state index in [1.807, 2.05) is 84.8 Å². The molecule has 0 saturated heterocycles. The summed E-state index contributed by atoms with van der Waals surface area (Å²) in [6, 6.07) is 33.8. The second-order valence-electron chi connectivity index (χ2n) is 10.2. The van der Waals surface area contributed by atoms with E-state index in [9.17, 15) is 4.79 Å². The number of hydrogen-bond donors (Lipinski definition) is 1. The first-order chi connectivity index (χ1) is 19.9. The zero-order chi connectivity index (χ0) is 28.6. The molecule has 7 heteroatoms. The molecule has 204 valence electrons. The molecule has 0 amide bonds. The molecule has 4 aromatic carbocycles. The van der Waals surface area contributed by atoms with Crippen LogP contribution in [0.2, 0.25) is 10.0 Å². The number of fused-ring (bicyclic) bond motifs is 1. The number of nitrogens with zero attached hydrogens (tertiary/aromatic N) is 3. The summed E-state index contributed by atoms with van der Waals surface area (Å²) in [7, 11) is 3.80. The molecule has 41 heavy (non-hydrogen) atoms. The smallest absolute Gasteiger partial charge is 0.251 e. The van der Waals surface area contributed by atoms with Gasteiger partial charge in [-0.15, -0.1) is 0 Å². The Morgan fingerprint density at radius 1 is 0.805 bits per heavy atom. The first-order valence-electron chi connectivity index (χ1n) is 13.3. The average molecular weight is 580 g/mol.